The summed E-state index contributed by atoms with van der Waals surface area (Å²) in [6.07, 6.45) is -0.268. The van der Waals surface area contributed by atoms with E-state index in [0.29, 0.717) is 5.02 Å². The SMILES string of the molecule is CN(C)S(=O)(=O)c1cccc(NC(=O)CCS(=O)(=O)c2ccc(Cl)cc2)c1. The van der Waals surface area contributed by atoms with Crippen molar-refractivity contribution < 1.29 is 21.6 Å². The van der Waals surface area contributed by atoms with Crippen LogP contribution in [0.3, 0.4) is 0 Å². The van der Waals surface area contributed by atoms with Crippen molar-refractivity contribution in [2.24, 2.45) is 0 Å². The molecule has 27 heavy (non-hydrogen) atoms. The number of nitrogens with zero attached hydrogens (tertiary/aromatic N) is 1. The zero-order valence-electron chi connectivity index (χ0n) is 14.7. The van der Waals surface area contributed by atoms with Gasteiger partial charge in [-0.1, -0.05) is 17.7 Å². The predicted molar refractivity (Wildman–Crippen MR) is 104 cm³/mol. The minimum Gasteiger partial charge on any atom is -0.326 e. The van der Waals surface area contributed by atoms with Gasteiger partial charge in [-0.05, 0) is 42.5 Å². The summed E-state index contributed by atoms with van der Waals surface area (Å²) < 4.78 is 49.8. The van der Waals surface area contributed by atoms with E-state index in [-0.39, 0.29) is 27.7 Å². The van der Waals surface area contributed by atoms with Crippen LogP contribution in [0.1, 0.15) is 6.42 Å². The lowest BCUT2D eigenvalue weighted by atomic mass is 10.3. The number of sulfonamides is 1. The second-order valence-electron chi connectivity index (χ2n) is 5.89. The molecule has 1 amide bonds. The van der Waals surface area contributed by atoms with E-state index >= 15 is 0 Å². The molecule has 0 saturated carbocycles. The Kier molecular flexibility index (Phi) is 6.63. The number of anilines is 1. The zero-order chi connectivity index (χ0) is 20.2. The number of hydrogen-bond acceptors (Lipinski definition) is 5. The molecule has 0 heterocycles. The van der Waals surface area contributed by atoms with Gasteiger partial charge in [0, 0.05) is 31.2 Å². The number of hydrogen-bond donors (Lipinski definition) is 1. The van der Waals surface area contributed by atoms with Crippen LogP contribution in [-0.2, 0) is 24.7 Å². The third-order valence-corrected chi connectivity index (χ3v) is 7.46. The summed E-state index contributed by atoms with van der Waals surface area (Å²) >= 11 is 5.74. The van der Waals surface area contributed by atoms with Crippen molar-refractivity contribution in [2.75, 3.05) is 25.2 Å². The fraction of sp³-hybridized carbons (Fsp3) is 0.235. The average molecular weight is 431 g/mol. The van der Waals surface area contributed by atoms with Crippen LogP contribution >= 0.6 is 11.6 Å². The second-order valence-corrected chi connectivity index (χ2v) is 10.6. The number of amides is 1. The summed E-state index contributed by atoms with van der Waals surface area (Å²) in [5.41, 5.74) is 0.270. The minimum atomic E-state index is -3.63. The maximum atomic E-state index is 12.3. The van der Waals surface area contributed by atoms with Gasteiger partial charge in [-0.25, -0.2) is 21.1 Å². The van der Waals surface area contributed by atoms with E-state index in [1.54, 1.807) is 0 Å². The minimum absolute atomic E-state index is 0.0269. The van der Waals surface area contributed by atoms with E-state index in [9.17, 15) is 21.6 Å². The van der Waals surface area contributed by atoms with Crippen molar-refractivity contribution in [3.05, 3.63) is 53.6 Å². The van der Waals surface area contributed by atoms with Gasteiger partial charge in [-0.2, -0.15) is 0 Å². The molecule has 2 rings (SSSR count). The molecule has 2 aromatic carbocycles. The summed E-state index contributed by atoms with van der Waals surface area (Å²) in [5, 5.41) is 2.94. The number of carbonyl (C=O) groups excluding carboxylic acids is 1. The van der Waals surface area contributed by atoms with Crippen LogP contribution in [0.25, 0.3) is 0 Å². The van der Waals surface area contributed by atoms with Crippen molar-refractivity contribution >= 4 is 43.1 Å². The fourth-order valence-electron chi connectivity index (χ4n) is 2.16. The second kappa shape index (κ2) is 8.39. The van der Waals surface area contributed by atoms with E-state index in [0.717, 1.165) is 4.31 Å². The van der Waals surface area contributed by atoms with Crippen LogP contribution in [0.5, 0.6) is 0 Å². The van der Waals surface area contributed by atoms with Gasteiger partial charge in [0.1, 0.15) is 0 Å². The van der Waals surface area contributed by atoms with Crippen LogP contribution in [0.4, 0.5) is 5.69 Å². The Morgan fingerprint density at radius 1 is 1.00 bits per heavy atom. The predicted octanol–water partition coefficient (Wildman–Crippen LogP) is 2.39. The molecule has 0 bridgehead atoms. The molecule has 0 aliphatic carbocycles. The molecule has 0 saturated heterocycles. The molecule has 1 N–H and O–H groups in total. The molecule has 0 aliphatic rings. The molecule has 0 fully saturated rings. The van der Waals surface area contributed by atoms with Gasteiger partial charge < -0.3 is 5.32 Å². The third-order valence-electron chi connectivity index (χ3n) is 3.67. The van der Waals surface area contributed by atoms with Gasteiger partial charge in [0.25, 0.3) is 0 Å². The third kappa shape index (κ3) is 5.52. The highest BCUT2D eigenvalue weighted by Crippen LogP contribution is 2.19. The van der Waals surface area contributed by atoms with Gasteiger partial charge in [0.05, 0.1) is 15.5 Å². The van der Waals surface area contributed by atoms with Crippen LogP contribution < -0.4 is 5.32 Å². The highest BCUT2D eigenvalue weighted by atomic mass is 35.5. The molecule has 0 atom stereocenters. The first-order chi connectivity index (χ1) is 12.5. The molecule has 0 spiro atoms. The molecule has 2 aromatic rings. The lowest BCUT2D eigenvalue weighted by Crippen LogP contribution is -2.22. The van der Waals surface area contributed by atoms with Crippen molar-refractivity contribution in [1.82, 2.24) is 4.31 Å². The van der Waals surface area contributed by atoms with Gasteiger partial charge in [-0.15, -0.1) is 0 Å². The van der Waals surface area contributed by atoms with E-state index < -0.39 is 25.8 Å². The molecule has 146 valence electrons. The number of sulfone groups is 1. The normalized spacial score (nSPS) is 12.1. The van der Waals surface area contributed by atoms with Crippen LogP contribution in [-0.4, -0.2) is 46.9 Å². The summed E-state index contributed by atoms with van der Waals surface area (Å²) in [6, 6.07) is 11.4. The lowest BCUT2D eigenvalue weighted by Gasteiger charge is -2.12. The number of halogens is 1. The van der Waals surface area contributed by atoms with Gasteiger partial charge in [0.2, 0.25) is 15.9 Å². The monoisotopic (exact) mass is 430 g/mol. The standard InChI is InChI=1S/C17H19ClN2O5S2/c1-20(2)27(24,25)16-5-3-4-14(12-16)19-17(21)10-11-26(22,23)15-8-6-13(18)7-9-15/h3-9,12H,10-11H2,1-2H3,(H,19,21). The Labute approximate surface area is 163 Å². The maximum Gasteiger partial charge on any atom is 0.242 e. The number of carbonyl (C=O) groups is 1. The first-order valence-corrected chi connectivity index (χ1v) is 11.3. The quantitative estimate of drug-likeness (QED) is 0.726. The Hall–Kier alpha value is -1.94. The van der Waals surface area contributed by atoms with Crippen LogP contribution in [0.2, 0.25) is 5.02 Å². The number of benzene rings is 2. The van der Waals surface area contributed by atoms with E-state index in [2.05, 4.69) is 5.32 Å². The van der Waals surface area contributed by atoms with Crippen LogP contribution in [0.15, 0.2) is 58.3 Å². The highest BCUT2D eigenvalue weighted by molar-refractivity contribution is 7.91. The molecule has 10 heteroatoms. The van der Waals surface area contributed by atoms with Crippen molar-refractivity contribution in [3.63, 3.8) is 0 Å². The maximum absolute atomic E-state index is 12.3. The van der Waals surface area contributed by atoms with E-state index in [1.165, 1.54) is 62.6 Å². The Balaban J connectivity index is 2.05. The largest absolute Gasteiger partial charge is 0.326 e. The van der Waals surface area contributed by atoms with E-state index in [1.807, 2.05) is 0 Å². The van der Waals surface area contributed by atoms with Crippen molar-refractivity contribution in [3.8, 4) is 0 Å². The molecule has 0 unspecified atom stereocenters. The smallest absolute Gasteiger partial charge is 0.242 e. The number of nitrogens with one attached hydrogen (secondary N) is 1. The van der Waals surface area contributed by atoms with Gasteiger partial charge in [-0.3, -0.25) is 4.79 Å². The average Bonchev–Trinajstić information content (AvgIpc) is 2.60. The Morgan fingerprint density at radius 2 is 1.63 bits per heavy atom. The van der Waals surface area contributed by atoms with Crippen molar-refractivity contribution in [2.45, 2.75) is 16.2 Å². The highest BCUT2D eigenvalue weighted by Gasteiger charge is 2.19. The summed E-state index contributed by atoms with van der Waals surface area (Å²) in [7, 11) is -4.45. The molecular weight excluding hydrogens is 412 g/mol. The van der Waals surface area contributed by atoms with Gasteiger partial charge in [0.15, 0.2) is 9.84 Å². The zero-order valence-corrected chi connectivity index (χ0v) is 17.1. The summed E-state index contributed by atoms with van der Waals surface area (Å²) in [4.78, 5) is 12.2. The Morgan fingerprint density at radius 3 is 2.22 bits per heavy atom. The first-order valence-electron chi connectivity index (χ1n) is 7.83. The molecule has 0 aliphatic heterocycles. The molecule has 0 aromatic heterocycles. The van der Waals surface area contributed by atoms with Crippen molar-refractivity contribution in [1.29, 1.82) is 0 Å². The summed E-state index contributed by atoms with van der Waals surface area (Å²) in [5.74, 6) is -0.914. The fourth-order valence-corrected chi connectivity index (χ4v) is 4.47. The summed E-state index contributed by atoms with van der Waals surface area (Å²) in [6.45, 7) is 0. The molecule has 0 radical (unpaired) electrons. The topological polar surface area (TPSA) is 101 Å². The van der Waals surface area contributed by atoms with E-state index in [4.69, 9.17) is 11.6 Å². The number of rotatable bonds is 7. The lowest BCUT2D eigenvalue weighted by molar-refractivity contribution is -0.115. The molecular formula is C17H19ClN2O5S2. The van der Waals surface area contributed by atoms with Crippen LogP contribution in [0, 0.1) is 0 Å². The first kappa shape index (κ1) is 21.4. The molecule has 7 nitrogen and oxygen atoms in total. The van der Waals surface area contributed by atoms with Gasteiger partial charge >= 0.3 is 0 Å². The Bertz CT molecular complexity index is 1030.